The van der Waals surface area contributed by atoms with Crippen LogP contribution in [0.1, 0.15) is 36.8 Å². The first-order valence-corrected chi connectivity index (χ1v) is 7.47. The molecule has 0 radical (unpaired) electrons. The highest BCUT2D eigenvalue weighted by Gasteiger charge is 2.51. The van der Waals surface area contributed by atoms with Gasteiger partial charge in [-0.2, -0.15) is 18.4 Å². The maximum atomic E-state index is 13.1. The van der Waals surface area contributed by atoms with Crippen molar-refractivity contribution in [1.29, 1.82) is 5.26 Å². The van der Waals surface area contributed by atoms with Gasteiger partial charge in [0.15, 0.2) is 5.11 Å². The van der Waals surface area contributed by atoms with Gasteiger partial charge in [-0.05, 0) is 43.3 Å². The number of thiocarbonyl (C=S) groups is 1. The van der Waals surface area contributed by atoms with Gasteiger partial charge >= 0.3 is 6.18 Å². The first-order chi connectivity index (χ1) is 10.8. The molecule has 1 saturated carbocycles. The van der Waals surface area contributed by atoms with Crippen molar-refractivity contribution in [2.24, 2.45) is 0 Å². The molecule has 1 amide bonds. The van der Waals surface area contributed by atoms with E-state index in [0.29, 0.717) is 12.8 Å². The Labute approximate surface area is 135 Å². The summed E-state index contributed by atoms with van der Waals surface area (Å²) in [5.74, 6) is -0.321. The monoisotopic (exact) mass is 339 g/mol. The number of hydrogen-bond acceptors (Lipinski definition) is 3. The lowest BCUT2D eigenvalue weighted by atomic mass is 9.97. The number of rotatable bonds is 1. The van der Waals surface area contributed by atoms with Crippen molar-refractivity contribution in [2.45, 2.75) is 37.4 Å². The number of amides is 1. The topological polar surface area (TPSA) is 56.1 Å². The van der Waals surface area contributed by atoms with Crippen LogP contribution in [0, 0.1) is 11.3 Å². The minimum Gasteiger partial charge on any atom is -0.348 e. The van der Waals surface area contributed by atoms with Crippen LogP contribution in [0.25, 0.3) is 0 Å². The molecule has 4 nitrogen and oxygen atoms in total. The van der Waals surface area contributed by atoms with E-state index in [9.17, 15) is 18.0 Å². The van der Waals surface area contributed by atoms with Gasteiger partial charge < -0.3 is 5.32 Å². The van der Waals surface area contributed by atoms with Gasteiger partial charge in [0.25, 0.3) is 5.91 Å². The third kappa shape index (κ3) is 2.45. The number of nitriles is 1. The molecule has 1 aromatic carbocycles. The highest BCUT2D eigenvalue weighted by molar-refractivity contribution is 7.80. The Morgan fingerprint density at radius 2 is 1.96 bits per heavy atom. The van der Waals surface area contributed by atoms with E-state index in [-0.39, 0.29) is 16.7 Å². The second kappa shape index (κ2) is 5.20. The predicted octanol–water partition coefficient (Wildman–Crippen LogP) is 3.11. The van der Waals surface area contributed by atoms with Crippen LogP contribution in [0.4, 0.5) is 18.9 Å². The normalized spacial score (nSPS) is 20.0. The van der Waals surface area contributed by atoms with Crippen LogP contribution < -0.4 is 10.2 Å². The van der Waals surface area contributed by atoms with Crippen LogP contribution >= 0.6 is 12.2 Å². The van der Waals surface area contributed by atoms with Gasteiger partial charge in [0, 0.05) is 0 Å². The molecular formula is C15H12F3N3OS. The second-order valence-electron chi connectivity index (χ2n) is 5.70. The van der Waals surface area contributed by atoms with Gasteiger partial charge in [0.05, 0.1) is 22.9 Å². The number of nitrogens with one attached hydrogen (secondary N) is 1. The summed E-state index contributed by atoms with van der Waals surface area (Å²) in [5, 5.41) is 11.9. The molecule has 1 heterocycles. The molecule has 1 spiro atoms. The quantitative estimate of drug-likeness (QED) is 0.799. The summed E-state index contributed by atoms with van der Waals surface area (Å²) in [6.07, 6.45) is -1.70. The molecule has 0 bridgehead atoms. The standard InChI is InChI=1S/C15H12F3N3OS/c16-15(17,18)11-7-10(4-3-9(11)8-19)21-12(22)14(20-13(21)23)5-1-2-6-14/h3-4,7H,1-2,5-6H2,(H,20,23). The summed E-state index contributed by atoms with van der Waals surface area (Å²) < 4.78 is 39.3. The highest BCUT2D eigenvalue weighted by atomic mass is 32.1. The van der Waals surface area contributed by atoms with E-state index in [0.717, 1.165) is 29.9 Å². The Kier molecular flexibility index (Phi) is 3.56. The second-order valence-corrected chi connectivity index (χ2v) is 6.09. The van der Waals surface area contributed by atoms with Crippen molar-refractivity contribution in [3.63, 3.8) is 0 Å². The van der Waals surface area contributed by atoms with Crippen molar-refractivity contribution in [1.82, 2.24) is 5.32 Å². The van der Waals surface area contributed by atoms with E-state index in [4.69, 9.17) is 17.5 Å². The van der Waals surface area contributed by atoms with Crippen molar-refractivity contribution >= 4 is 28.9 Å². The number of nitrogens with zero attached hydrogens (tertiary/aromatic N) is 2. The Hall–Kier alpha value is -2.14. The van der Waals surface area contributed by atoms with Crippen molar-refractivity contribution in [3.05, 3.63) is 29.3 Å². The average Bonchev–Trinajstić information content (AvgIpc) is 3.04. The molecule has 0 aromatic heterocycles. The number of carbonyl (C=O) groups excluding carboxylic acids is 1. The van der Waals surface area contributed by atoms with Gasteiger partial charge in [0.1, 0.15) is 5.54 Å². The van der Waals surface area contributed by atoms with Gasteiger partial charge in [-0.1, -0.05) is 12.8 Å². The molecule has 3 rings (SSSR count). The Morgan fingerprint density at radius 1 is 1.30 bits per heavy atom. The largest absolute Gasteiger partial charge is 0.417 e. The highest BCUT2D eigenvalue weighted by Crippen LogP contribution is 2.39. The number of anilines is 1. The number of carbonyl (C=O) groups is 1. The lowest BCUT2D eigenvalue weighted by Gasteiger charge is -2.21. The molecule has 1 aliphatic heterocycles. The van der Waals surface area contributed by atoms with Crippen molar-refractivity contribution < 1.29 is 18.0 Å². The summed E-state index contributed by atoms with van der Waals surface area (Å²) in [7, 11) is 0. The third-order valence-corrected chi connectivity index (χ3v) is 4.59. The van der Waals surface area contributed by atoms with Crippen molar-refractivity contribution in [3.8, 4) is 6.07 Å². The summed E-state index contributed by atoms with van der Waals surface area (Å²) >= 11 is 5.15. The van der Waals surface area contributed by atoms with Crippen LogP contribution in [0.2, 0.25) is 0 Å². The minimum absolute atomic E-state index is 0.0302. The lowest BCUT2D eigenvalue weighted by molar-refractivity contribution is -0.137. The molecule has 1 aromatic rings. The molecule has 0 unspecified atom stereocenters. The van der Waals surface area contributed by atoms with Crippen LogP contribution in [-0.4, -0.2) is 16.6 Å². The molecule has 1 saturated heterocycles. The average molecular weight is 339 g/mol. The Morgan fingerprint density at radius 3 is 2.52 bits per heavy atom. The Balaban J connectivity index is 2.04. The smallest absolute Gasteiger partial charge is 0.348 e. The van der Waals surface area contributed by atoms with Crippen LogP contribution in [-0.2, 0) is 11.0 Å². The zero-order valence-corrected chi connectivity index (χ0v) is 12.7. The first kappa shape index (κ1) is 15.7. The fourth-order valence-corrected chi connectivity index (χ4v) is 3.56. The first-order valence-electron chi connectivity index (χ1n) is 7.06. The van der Waals surface area contributed by atoms with Crippen LogP contribution in [0.3, 0.4) is 0 Å². The maximum absolute atomic E-state index is 13.1. The predicted molar refractivity (Wildman–Crippen MR) is 80.6 cm³/mol. The number of alkyl halides is 3. The third-order valence-electron chi connectivity index (χ3n) is 4.31. The van der Waals surface area contributed by atoms with Crippen LogP contribution in [0.15, 0.2) is 18.2 Å². The van der Waals surface area contributed by atoms with Gasteiger partial charge in [-0.25, -0.2) is 0 Å². The fourth-order valence-electron chi connectivity index (χ4n) is 3.18. The molecule has 0 atom stereocenters. The molecule has 2 aliphatic rings. The minimum atomic E-state index is -4.68. The summed E-state index contributed by atoms with van der Waals surface area (Å²) in [6, 6.07) is 4.70. The molecule has 1 aliphatic carbocycles. The summed E-state index contributed by atoms with van der Waals surface area (Å²) in [5.41, 5.74) is -2.31. The van der Waals surface area contributed by atoms with E-state index in [1.54, 1.807) is 0 Å². The number of hydrogen-bond donors (Lipinski definition) is 1. The maximum Gasteiger partial charge on any atom is 0.417 e. The fraction of sp³-hybridized carbons (Fsp3) is 0.400. The molecule has 2 fully saturated rings. The lowest BCUT2D eigenvalue weighted by Crippen LogP contribution is -2.44. The molecule has 1 N–H and O–H groups in total. The zero-order chi connectivity index (χ0) is 16.8. The van der Waals surface area contributed by atoms with E-state index >= 15 is 0 Å². The zero-order valence-electron chi connectivity index (χ0n) is 11.9. The summed E-state index contributed by atoms with van der Waals surface area (Å²) in [4.78, 5) is 13.8. The number of halogens is 3. The molecule has 8 heteroatoms. The van der Waals surface area contributed by atoms with Crippen LogP contribution in [0.5, 0.6) is 0 Å². The van der Waals surface area contributed by atoms with Crippen molar-refractivity contribution in [2.75, 3.05) is 4.90 Å². The van der Waals surface area contributed by atoms with E-state index in [1.807, 2.05) is 0 Å². The van der Waals surface area contributed by atoms with Gasteiger partial charge in [-0.15, -0.1) is 0 Å². The van der Waals surface area contributed by atoms with E-state index in [1.165, 1.54) is 12.1 Å². The SMILES string of the molecule is N#Cc1ccc(N2C(=O)C3(CCCC3)NC2=S)cc1C(F)(F)F. The van der Waals surface area contributed by atoms with Gasteiger partial charge in [0.2, 0.25) is 0 Å². The summed E-state index contributed by atoms with van der Waals surface area (Å²) in [6.45, 7) is 0. The molecule has 23 heavy (non-hydrogen) atoms. The van der Waals surface area contributed by atoms with Gasteiger partial charge in [-0.3, -0.25) is 9.69 Å². The molecule has 120 valence electrons. The van der Waals surface area contributed by atoms with E-state index in [2.05, 4.69) is 5.32 Å². The Bertz CT molecular complexity index is 732. The van der Waals surface area contributed by atoms with E-state index < -0.39 is 22.8 Å². The molecular weight excluding hydrogens is 327 g/mol. The number of benzene rings is 1.